The summed E-state index contributed by atoms with van der Waals surface area (Å²) in [7, 11) is 2.03. The second kappa shape index (κ2) is 5.46. The smallest absolute Gasteiger partial charge is 0.0732 e. The van der Waals surface area contributed by atoms with Gasteiger partial charge in [-0.15, -0.1) is 0 Å². The zero-order valence-corrected chi connectivity index (χ0v) is 10.2. The van der Waals surface area contributed by atoms with Gasteiger partial charge in [0.25, 0.3) is 0 Å². The van der Waals surface area contributed by atoms with E-state index >= 15 is 0 Å². The Bertz CT molecular complexity index is 331. The van der Waals surface area contributed by atoms with E-state index in [0.717, 1.165) is 13.0 Å². The first kappa shape index (κ1) is 11.6. The molecule has 1 aliphatic rings. The Hall–Kier alpha value is -0.860. The monoisotopic (exact) mass is 219 g/mol. The van der Waals surface area contributed by atoms with Crippen molar-refractivity contribution in [1.82, 2.24) is 5.32 Å². The van der Waals surface area contributed by atoms with Gasteiger partial charge in [0.1, 0.15) is 0 Å². The van der Waals surface area contributed by atoms with E-state index in [9.17, 15) is 0 Å². The second-order valence-corrected chi connectivity index (χ2v) is 4.64. The van der Waals surface area contributed by atoms with Crippen LogP contribution in [0.15, 0.2) is 24.3 Å². The van der Waals surface area contributed by atoms with Gasteiger partial charge in [-0.1, -0.05) is 29.8 Å². The number of aryl methyl sites for hydroxylation is 1. The molecule has 0 unspecified atom stereocenters. The molecular weight excluding hydrogens is 198 g/mol. The quantitative estimate of drug-likeness (QED) is 0.839. The van der Waals surface area contributed by atoms with Gasteiger partial charge < -0.3 is 10.1 Å². The topological polar surface area (TPSA) is 21.3 Å². The van der Waals surface area contributed by atoms with E-state index in [2.05, 4.69) is 36.5 Å². The minimum absolute atomic E-state index is 0.394. The average molecular weight is 219 g/mol. The van der Waals surface area contributed by atoms with Crippen molar-refractivity contribution in [1.29, 1.82) is 0 Å². The average Bonchev–Trinajstić information content (AvgIpc) is 2.79. The number of benzene rings is 1. The summed E-state index contributed by atoms with van der Waals surface area (Å²) in [5.41, 5.74) is 2.73. The molecule has 0 bridgehead atoms. The van der Waals surface area contributed by atoms with Gasteiger partial charge in [-0.05, 0) is 38.8 Å². The molecule has 0 aliphatic carbocycles. The molecule has 0 saturated carbocycles. The van der Waals surface area contributed by atoms with E-state index in [-0.39, 0.29) is 0 Å². The fourth-order valence-corrected chi connectivity index (χ4v) is 2.43. The van der Waals surface area contributed by atoms with Crippen molar-refractivity contribution in [2.75, 3.05) is 13.7 Å². The van der Waals surface area contributed by atoms with Crippen LogP contribution in [0.3, 0.4) is 0 Å². The van der Waals surface area contributed by atoms with Crippen LogP contribution in [0.25, 0.3) is 0 Å². The first-order valence-corrected chi connectivity index (χ1v) is 6.14. The normalized spacial score (nSPS) is 22.2. The fraction of sp³-hybridized carbons (Fsp3) is 0.571. The van der Waals surface area contributed by atoms with Crippen LogP contribution in [0.1, 0.15) is 24.0 Å². The molecule has 1 aromatic rings. The van der Waals surface area contributed by atoms with Gasteiger partial charge in [-0.3, -0.25) is 0 Å². The minimum atomic E-state index is 0.394. The number of hydrogen-bond donors (Lipinski definition) is 1. The second-order valence-electron chi connectivity index (χ2n) is 4.64. The molecule has 0 amide bonds. The first-order chi connectivity index (χ1) is 7.79. The van der Waals surface area contributed by atoms with Crippen LogP contribution in [-0.2, 0) is 11.2 Å². The molecule has 1 N–H and O–H groups in total. The number of hydrogen-bond acceptors (Lipinski definition) is 2. The predicted octanol–water partition coefficient (Wildman–Crippen LogP) is 2.30. The summed E-state index contributed by atoms with van der Waals surface area (Å²) in [6.07, 6.45) is 3.85. The van der Waals surface area contributed by atoms with Gasteiger partial charge >= 0.3 is 0 Å². The third kappa shape index (κ3) is 2.83. The summed E-state index contributed by atoms with van der Waals surface area (Å²) in [4.78, 5) is 0. The Morgan fingerprint density at radius 1 is 1.50 bits per heavy atom. The van der Waals surface area contributed by atoms with Crippen molar-refractivity contribution >= 4 is 0 Å². The summed E-state index contributed by atoms with van der Waals surface area (Å²) in [5, 5.41) is 3.39. The highest BCUT2D eigenvalue weighted by Crippen LogP contribution is 2.18. The number of likely N-dealkylation sites (N-methyl/N-ethyl adjacent to an activating group) is 1. The van der Waals surface area contributed by atoms with Gasteiger partial charge in [0.2, 0.25) is 0 Å². The van der Waals surface area contributed by atoms with E-state index in [4.69, 9.17) is 4.74 Å². The lowest BCUT2D eigenvalue weighted by atomic mass is 9.98. The SMILES string of the molecule is CN[C@H](Cc1cccc(C)c1)[C@@H]1CCCO1. The molecule has 1 fully saturated rings. The summed E-state index contributed by atoms with van der Waals surface area (Å²) in [6, 6.07) is 9.19. The maximum atomic E-state index is 5.75. The summed E-state index contributed by atoms with van der Waals surface area (Å²) in [6.45, 7) is 3.07. The maximum Gasteiger partial charge on any atom is 0.0732 e. The third-order valence-corrected chi connectivity index (χ3v) is 3.32. The fourth-order valence-electron chi connectivity index (χ4n) is 2.43. The van der Waals surface area contributed by atoms with Crippen LogP contribution in [0.2, 0.25) is 0 Å². The zero-order valence-electron chi connectivity index (χ0n) is 10.2. The van der Waals surface area contributed by atoms with Crippen LogP contribution in [0.4, 0.5) is 0 Å². The molecule has 0 spiro atoms. The zero-order chi connectivity index (χ0) is 11.4. The van der Waals surface area contributed by atoms with Crippen molar-refractivity contribution in [2.24, 2.45) is 0 Å². The molecule has 16 heavy (non-hydrogen) atoms. The van der Waals surface area contributed by atoms with Gasteiger partial charge in [0.15, 0.2) is 0 Å². The van der Waals surface area contributed by atoms with Crippen molar-refractivity contribution in [3.8, 4) is 0 Å². The lowest BCUT2D eigenvalue weighted by Gasteiger charge is -2.22. The summed E-state index contributed by atoms with van der Waals surface area (Å²) >= 11 is 0. The molecular formula is C14H21NO. The van der Waals surface area contributed by atoms with Gasteiger partial charge in [-0.25, -0.2) is 0 Å². The molecule has 2 atom stereocenters. The molecule has 2 heteroatoms. The van der Waals surface area contributed by atoms with Crippen molar-refractivity contribution in [3.05, 3.63) is 35.4 Å². The van der Waals surface area contributed by atoms with E-state index < -0.39 is 0 Å². The maximum absolute atomic E-state index is 5.75. The number of rotatable bonds is 4. The van der Waals surface area contributed by atoms with Crippen LogP contribution >= 0.6 is 0 Å². The van der Waals surface area contributed by atoms with E-state index in [1.54, 1.807) is 0 Å². The Balaban J connectivity index is 2.00. The van der Waals surface area contributed by atoms with E-state index in [1.165, 1.54) is 24.0 Å². The standard InChI is InChI=1S/C14H21NO/c1-11-5-3-6-12(9-11)10-13(15-2)14-7-4-8-16-14/h3,5-6,9,13-15H,4,7-8,10H2,1-2H3/t13-,14+/m1/s1. The van der Waals surface area contributed by atoms with Crippen LogP contribution in [0, 0.1) is 6.92 Å². The molecule has 0 aromatic heterocycles. The van der Waals surface area contributed by atoms with Crippen molar-refractivity contribution < 1.29 is 4.74 Å². The summed E-state index contributed by atoms with van der Waals surface area (Å²) < 4.78 is 5.75. The van der Waals surface area contributed by atoms with Crippen molar-refractivity contribution in [3.63, 3.8) is 0 Å². The molecule has 2 rings (SSSR count). The lowest BCUT2D eigenvalue weighted by molar-refractivity contribution is 0.0808. The molecule has 1 aromatic carbocycles. The van der Waals surface area contributed by atoms with Gasteiger partial charge in [0, 0.05) is 12.6 Å². The minimum Gasteiger partial charge on any atom is -0.377 e. The first-order valence-electron chi connectivity index (χ1n) is 6.14. The lowest BCUT2D eigenvalue weighted by Crippen LogP contribution is -2.39. The van der Waals surface area contributed by atoms with Crippen molar-refractivity contribution in [2.45, 2.75) is 38.3 Å². The third-order valence-electron chi connectivity index (χ3n) is 3.32. The number of ether oxygens (including phenoxy) is 1. The highest BCUT2D eigenvalue weighted by Gasteiger charge is 2.24. The number of nitrogens with one attached hydrogen (secondary N) is 1. The molecule has 1 aliphatic heterocycles. The van der Waals surface area contributed by atoms with Gasteiger partial charge in [-0.2, -0.15) is 0 Å². The summed E-state index contributed by atoms with van der Waals surface area (Å²) in [5.74, 6) is 0. The Morgan fingerprint density at radius 3 is 3.00 bits per heavy atom. The van der Waals surface area contributed by atoms with Gasteiger partial charge in [0.05, 0.1) is 6.10 Å². The Kier molecular flexibility index (Phi) is 3.97. The van der Waals surface area contributed by atoms with E-state index in [1.807, 2.05) is 7.05 Å². The molecule has 88 valence electrons. The molecule has 2 nitrogen and oxygen atoms in total. The largest absolute Gasteiger partial charge is 0.377 e. The highest BCUT2D eigenvalue weighted by molar-refractivity contribution is 5.23. The Labute approximate surface area is 98.0 Å². The van der Waals surface area contributed by atoms with Crippen LogP contribution in [0.5, 0.6) is 0 Å². The predicted molar refractivity (Wildman–Crippen MR) is 66.7 cm³/mol. The molecule has 1 saturated heterocycles. The van der Waals surface area contributed by atoms with Crippen LogP contribution in [-0.4, -0.2) is 25.8 Å². The Morgan fingerprint density at radius 2 is 2.38 bits per heavy atom. The molecule has 1 heterocycles. The molecule has 0 radical (unpaired) electrons. The van der Waals surface area contributed by atoms with E-state index in [0.29, 0.717) is 12.1 Å². The highest BCUT2D eigenvalue weighted by atomic mass is 16.5. The van der Waals surface area contributed by atoms with Crippen LogP contribution < -0.4 is 5.32 Å².